The van der Waals surface area contributed by atoms with E-state index in [9.17, 15) is 4.79 Å². The van der Waals surface area contributed by atoms with Crippen molar-refractivity contribution in [1.82, 2.24) is 15.1 Å². The minimum absolute atomic E-state index is 0.271. The first kappa shape index (κ1) is 11.5. The van der Waals surface area contributed by atoms with Crippen LogP contribution in [0.1, 0.15) is 25.7 Å². The molecule has 0 aromatic heterocycles. The Balaban J connectivity index is 1.56. The summed E-state index contributed by atoms with van der Waals surface area (Å²) in [6, 6.07) is 0.642. The zero-order valence-electron chi connectivity index (χ0n) is 10.5. The highest BCUT2D eigenvalue weighted by atomic mass is 16.2. The number of nitrogens with one attached hydrogen (secondary N) is 1. The molecular weight excluding hydrogens is 214 g/mol. The van der Waals surface area contributed by atoms with E-state index in [0.29, 0.717) is 11.9 Å². The monoisotopic (exact) mass is 237 g/mol. The number of rotatable bonds is 2. The molecule has 0 aliphatic carbocycles. The predicted octanol–water partition coefficient (Wildman–Crippen LogP) is 0.293. The normalized spacial score (nSPS) is 31.5. The van der Waals surface area contributed by atoms with E-state index in [2.05, 4.69) is 15.1 Å². The number of likely N-dealkylation sites (tertiary alicyclic amines) is 2. The quantitative estimate of drug-likeness (QED) is 0.750. The first-order valence-electron chi connectivity index (χ1n) is 7.08. The molecule has 0 radical (unpaired) electrons. The van der Waals surface area contributed by atoms with E-state index >= 15 is 0 Å². The summed E-state index contributed by atoms with van der Waals surface area (Å²) in [5, 5.41) is 3.19. The predicted molar refractivity (Wildman–Crippen MR) is 66.8 cm³/mol. The lowest BCUT2D eigenvalue weighted by molar-refractivity contribution is -0.139. The largest absolute Gasteiger partial charge is 0.341 e. The lowest BCUT2D eigenvalue weighted by atomic mass is 9.98. The van der Waals surface area contributed by atoms with E-state index in [1.54, 1.807) is 0 Å². The Morgan fingerprint density at radius 2 is 1.82 bits per heavy atom. The Morgan fingerprint density at radius 3 is 2.47 bits per heavy atom. The number of piperidine rings is 1. The molecule has 3 saturated heterocycles. The van der Waals surface area contributed by atoms with Gasteiger partial charge in [0.25, 0.3) is 0 Å². The molecule has 17 heavy (non-hydrogen) atoms. The molecular formula is C13H23N3O. The summed E-state index contributed by atoms with van der Waals surface area (Å²) in [4.78, 5) is 16.9. The average molecular weight is 237 g/mol. The van der Waals surface area contributed by atoms with E-state index in [1.807, 2.05) is 0 Å². The third-order valence-electron chi connectivity index (χ3n) is 4.50. The van der Waals surface area contributed by atoms with E-state index in [4.69, 9.17) is 0 Å². The molecule has 0 saturated carbocycles. The number of hydrogen-bond donors (Lipinski definition) is 1. The Bertz CT molecular complexity index is 284. The smallest absolute Gasteiger partial charge is 0.228 e. The summed E-state index contributed by atoms with van der Waals surface area (Å²) >= 11 is 0. The third-order valence-corrected chi connectivity index (χ3v) is 4.50. The lowest BCUT2D eigenvalue weighted by Crippen LogP contribution is -2.56. The molecule has 1 atom stereocenters. The fraction of sp³-hybridized carbons (Fsp3) is 0.923. The van der Waals surface area contributed by atoms with Crippen LogP contribution in [0.25, 0.3) is 0 Å². The summed E-state index contributed by atoms with van der Waals surface area (Å²) in [6.07, 6.45) is 5.16. The van der Waals surface area contributed by atoms with Gasteiger partial charge in [0.2, 0.25) is 5.91 Å². The molecule has 3 heterocycles. The number of carbonyl (C=O) groups excluding carboxylic acids is 1. The van der Waals surface area contributed by atoms with Crippen LogP contribution in [0.4, 0.5) is 0 Å². The number of nitrogens with zero attached hydrogens (tertiary/aromatic N) is 2. The van der Waals surface area contributed by atoms with Gasteiger partial charge in [-0.2, -0.15) is 0 Å². The van der Waals surface area contributed by atoms with E-state index in [0.717, 1.165) is 26.2 Å². The van der Waals surface area contributed by atoms with Crippen LogP contribution in [0.3, 0.4) is 0 Å². The zero-order chi connectivity index (χ0) is 11.7. The van der Waals surface area contributed by atoms with Gasteiger partial charge < -0.3 is 10.2 Å². The molecule has 0 aromatic rings. The first-order chi connectivity index (χ1) is 8.34. The Labute approximate surface area is 103 Å². The van der Waals surface area contributed by atoms with Gasteiger partial charge in [0, 0.05) is 32.2 Å². The van der Waals surface area contributed by atoms with Crippen molar-refractivity contribution in [3.8, 4) is 0 Å². The Hall–Kier alpha value is -0.610. The van der Waals surface area contributed by atoms with Gasteiger partial charge in [-0.25, -0.2) is 0 Å². The van der Waals surface area contributed by atoms with Crippen LogP contribution in [0.5, 0.6) is 0 Å². The molecule has 96 valence electrons. The molecule has 4 heteroatoms. The molecule has 4 nitrogen and oxygen atoms in total. The van der Waals surface area contributed by atoms with Crippen molar-refractivity contribution in [2.75, 3.05) is 39.3 Å². The molecule has 1 unspecified atom stereocenters. The van der Waals surface area contributed by atoms with Gasteiger partial charge in [-0.1, -0.05) is 0 Å². The molecule has 3 aliphatic rings. The van der Waals surface area contributed by atoms with Crippen LogP contribution in [0.2, 0.25) is 0 Å². The summed E-state index contributed by atoms with van der Waals surface area (Å²) in [6.45, 7) is 6.25. The highest BCUT2D eigenvalue weighted by Gasteiger charge is 2.34. The average Bonchev–Trinajstić information content (AvgIpc) is 2.80. The maximum absolute atomic E-state index is 12.2. The first-order valence-corrected chi connectivity index (χ1v) is 7.08. The Kier molecular flexibility index (Phi) is 3.34. The van der Waals surface area contributed by atoms with Crippen molar-refractivity contribution in [2.24, 2.45) is 5.92 Å². The summed E-state index contributed by atoms with van der Waals surface area (Å²) < 4.78 is 0. The van der Waals surface area contributed by atoms with Crippen LogP contribution >= 0.6 is 0 Å². The van der Waals surface area contributed by atoms with E-state index in [-0.39, 0.29) is 5.92 Å². The van der Waals surface area contributed by atoms with Crippen molar-refractivity contribution in [1.29, 1.82) is 0 Å². The molecule has 1 N–H and O–H groups in total. The maximum atomic E-state index is 12.2. The minimum atomic E-state index is 0.271. The molecule has 0 spiro atoms. The molecule has 3 fully saturated rings. The van der Waals surface area contributed by atoms with Crippen molar-refractivity contribution < 1.29 is 4.79 Å². The molecule has 3 aliphatic heterocycles. The van der Waals surface area contributed by atoms with Crippen LogP contribution in [0.15, 0.2) is 0 Å². The summed E-state index contributed by atoms with van der Waals surface area (Å²) in [7, 11) is 0. The second kappa shape index (κ2) is 4.94. The Morgan fingerprint density at radius 1 is 1.06 bits per heavy atom. The molecule has 3 rings (SSSR count). The van der Waals surface area contributed by atoms with Crippen molar-refractivity contribution in [2.45, 2.75) is 31.7 Å². The fourth-order valence-electron chi connectivity index (χ4n) is 3.28. The van der Waals surface area contributed by atoms with E-state index < -0.39 is 0 Å². The number of hydrogen-bond acceptors (Lipinski definition) is 3. The molecule has 0 bridgehead atoms. The van der Waals surface area contributed by atoms with E-state index in [1.165, 1.54) is 38.8 Å². The van der Waals surface area contributed by atoms with Crippen LogP contribution in [0, 0.1) is 5.92 Å². The summed E-state index contributed by atoms with van der Waals surface area (Å²) in [5.41, 5.74) is 0. The zero-order valence-corrected chi connectivity index (χ0v) is 10.5. The van der Waals surface area contributed by atoms with Crippen LogP contribution < -0.4 is 5.32 Å². The van der Waals surface area contributed by atoms with Gasteiger partial charge in [-0.3, -0.25) is 9.69 Å². The fourth-order valence-corrected chi connectivity index (χ4v) is 3.28. The van der Waals surface area contributed by atoms with Gasteiger partial charge in [-0.05, 0) is 38.8 Å². The van der Waals surface area contributed by atoms with Gasteiger partial charge in [0.1, 0.15) is 0 Å². The maximum Gasteiger partial charge on any atom is 0.228 e. The van der Waals surface area contributed by atoms with Crippen LogP contribution in [-0.4, -0.2) is 61.0 Å². The van der Waals surface area contributed by atoms with Crippen molar-refractivity contribution in [3.63, 3.8) is 0 Å². The standard InChI is InChI=1S/C13H23N3O/c17-13(11-8-14-9-11)16-7-3-4-12(10-16)15-5-1-2-6-15/h11-12,14H,1-10H2. The molecule has 1 amide bonds. The van der Waals surface area contributed by atoms with Gasteiger partial charge in [0.15, 0.2) is 0 Å². The SMILES string of the molecule is O=C(C1CNC1)N1CCCC(N2CCCC2)C1. The van der Waals surface area contributed by atoms with Crippen LogP contribution in [-0.2, 0) is 4.79 Å². The van der Waals surface area contributed by atoms with Gasteiger partial charge >= 0.3 is 0 Å². The second-order valence-corrected chi connectivity index (χ2v) is 5.68. The van der Waals surface area contributed by atoms with Crippen molar-refractivity contribution >= 4 is 5.91 Å². The highest BCUT2D eigenvalue weighted by molar-refractivity contribution is 5.80. The van der Waals surface area contributed by atoms with Gasteiger partial charge in [-0.15, -0.1) is 0 Å². The molecule has 0 aromatic carbocycles. The minimum Gasteiger partial charge on any atom is -0.341 e. The second-order valence-electron chi connectivity index (χ2n) is 5.68. The summed E-state index contributed by atoms with van der Waals surface area (Å²) in [5.74, 6) is 0.667. The topological polar surface area (TPSA) is 35.6 Å². The number of carbonyl (C=O) groups is 1. The highest BCUT2D eigenvalue weighted by Crippen LogP contribution is 2.22. The lowest BCUT2D eigenvalue weighted by Gasteiger charge is -2.40. The van der Waals surface area contributed by atoms with Crippen molar-refractivity contribution in [3.05, 3.63) is 0 Å². The number of amides is 1. The van der Waals surface area contributed by atoms with Gasteiger partial charge in [0.05, 0.1) is 5.92 Å². The third kappa shape index (κ3) is 2.33.